The van der Waals surface area contributed by atoms with E-state index in [4.69, 9.17) is 9.47 Å². The minimum Gasteiger partial charge on any atom is -0.490 e. The quantitative estimate of drug-likeness (QED) is 0.338. The normalized spacial score (nSPS) is 12.6. The van der Waals surface area contributed by atoms with Gasteiger partial charge in [-0.3, -0.25) is 19.7 Å². The van der Waals surface area contributed by atoms with Crippen molar-refractivity contribution in [2.24, 2.45) is 5.92 Å². The molecule has 0 saturated heterocycles. The highest BCUT2D eigenvalue weighted by Crippen LogP contribution is 2.28. The third-order valence-corrected chi connectivity index (χ3v) is 4.08. The van der Waals surface area contributed by atoms with Crippen molar-refractivity contribution < 1.29 is 28.8 Å². The van der Waals surface area contributed by atoms with Crippen LogP contribution in [0.2, 0.25) is 0 Å². The Balaban J connectivity index is 3.07. The van der Waals surface area contributed by atoms with E-state index in [1.807, 2.05) is 13.8 Å². The Kier molecular flexibility index (Phi) is 9.04. The molecule has 2 N–H and O–H groups in total. The lowest BCUT2D eigenvalue weighted by Crippen LogP contribution is -2.52. The molecule has 160 valence electrons. The second kappa shape index (κ2) is 11.0. The summed E-state index contributed by atoms with van der Waals surface area (Å²) >= 11 is 0. The molecule has 1 aromatic rings. The summed E-state index contributed by atoms with van der Waals surface area (Å²) in [6, 6.07) is 2.37. The second-order valence-corrected chi connectivity index (χ2v) is 6.93. The molecule has 10 nitrogen and oxygen atoms in total. The van der Waals surface area contributed by atoms with Crippen LogP contribution in [0.1, 0.15) is 32.8 Å². The molecule has 0 aliphatic rings. The number of nitro groups is 1. The molecule has 0 aliphatic heterocycles. The third-order valence-electron chi connectivity index (χ3n) is 4.08. The van der Waals surface area contributed by atoms with Crippen molar-refractivity contribution in [2.75, 3.05) is 14.2 Å². The number of nitrogens with zero attached hydrogens (tertiary/aromatic N) is 1. The highest BCUT2D eigenvalue weighted by molar-refractivity contribution is 5.90. The Morgan fingerprint density at radius 1 is 1.14 bits per heavy atom. The molecular weight excluding hydrogens is 382 g/mol. The van der Waals surface area contributed by atoms with E-state index in [2.05, 4.69) is 10.6 Å². The van der Waals surface area contributed by atoms with Crippen molar-refractivity contribution in [3.05, 3.63) is 33.9 Å². The molecule has 1 aromatic carbocycles. The van der Waals surface area contributed by atoms with Crippen molar-refractivity contribution >= 4 is 23.5 Å². The number of rotatable bonds is 10. The number of amides is 2. The number of nitro benzene ring substituents is 1. The fraction of sp³-hybridized carbons (Fsp3) is 0.526. The number of hydrogen-bond acceptors (Lipinski definition) is 7. The van der Waals surface area contributed by atoms with E-state index in [1.165, 1.54) is 33.3 Å². The molecule has 2 atom stereocenters. The maximum absolute atomic E-state index is 12.6. The van der Waals surface area contributed by atoms with Gasteiger partial charge in [-0.25, -0.2) is 4.79 Å². The molecule has 2 amide bonds. The van der Waals surface area contributed by atoms with E-state index in [1.54, 1.807) is 6.07 Å². The first kappa shape index (κ1) is 23.9. The summed E-state index contributed by atoms with van der Waals surface area (Å²) in [5, 5.41) is 16.3. The van der Waals surface area contributed by atoms with Gasteiger partial charge in [0, 0.05) is 19.4 Å². The molecule has 0 aromatic heterocycles. The summed E-state index contributed by atoms with van der Waals surface area (Å²) in [6.45, 7) is 5.10. The van der Waals surface area contributed by atoms with Crippen LogP contribution >= 0.6 is 0 Å². The van der Waals surface area contributed by atoms with Crippen LogP contribution in [0.25, 0.3) is 0 Å². The molecule has 0 unspecified atom stereocenters. The molecular formula is C19H27N3O7. The number of carbonyl (C=O) groups is 3. The van der Waals surface area contributed by atoms with Gasteiger partial charge in [0.2, 0.25) is 11.8 Å². The Morgan fingerprint density at radius 3 is 2.28 bits per heavy atom. The van der Waals surface area contributed by atoms with E-state index in [-0.39, 0.29) is 29.7 Å². The van der Waals surface area contributed by atoms with Crippen LogP contribution in [0, 0.1) is 16.0 Å². The fourth-order valence-electron chi connectivity index (χ4n) is 2.80. The Labute approximate surface area is 169 Å². The van der Waals surface area contributed by atoms with Gasteiger partial charge in [0.15, 0.2) is 5.75 Å². The molecule has 0 radical (unpaired) electrons. The van der Waals surface area contributed by atoms with Gasteiger partial charge in [-0.15, -0.1) is 0 Å². The van der Waals surface area contributed by atoms with E-state index >= 15 is 0 Å². The summed E-state index contributed by atoms with van der Waals surface area (Å²) in [7, 11) is 2.49. The number of esters is 1. The maximum atomic E-state index is 12.6. The van der Waals surface area contributed by atoms with Gasteiger partial charge < -0.3 is 20.1 Å². The largest absolute Gasteiger partial charge is 0.490 e. The van der Waals surface area contributed by atoms with E-state index in [0.29, 0.717) is 12.0 Å². The minimum atomic E-state index is -1.08. The zero-order valence-electron chi connectivity index (χ0n) is 17.2. The van der Waals surface area contributed by atoms with Crippen LogP contribution in [0.3, 0.4) is 0 Å². The topological polar surface area (TPSA) is 137 Å². The average molecular weight is 409 g/mol. The smallest absolute Gasteiger partial charge is 0.328 e. The zero-order valence-corrected chi connectivity index (χ0v) is 17.2. The van der Waals surface area contributed by atoms with E-state index < -0.39 is 28.9 Å². The SMILES string of the molecule is COC(=O)[C@@H](Cc1ccc(OC)c([N+](=O)[O-])c1)NC(=O)[C@H](CC(C)C)NC(C)=O. The number of methoxy groups -OCH3 is 2. The van der Waals surface area contributed by atoms with Crippen molar-refractivity contribution in [3.8, 4) is 5.75 Å². The summed E-state index contributed by atoms with van der Waals surface area (Å²) in [6.07, 6.45) is 0.352. The van der Waals surface area contributed by atoms with Gasteiger partial charge in [-0.1, -0.05) is 19.9 Å². The molecule has 10 heteroatoms. The minimum absolute atomic E-state index is 0.0300. The highest BCUT2D eigenvalue weighted by atomic mass is 16.6. The van der Waals surface area contributed by atoms with Crippen molar-refractivity contribution in [2.45, 2.75) is 45.7 Å². The summed E-state index contributed by atoms with van der Waals surface area (Å²) in [4.78, 5) is 46.8. The standard InChI is InChI=1S/C19H27N3O7/c1-11(2)8-14(20-12(3)23)18(24)21-15(19(25)29-5)9-13-6-7-17(28-4)16(10-13)22(26)27/h6-7,10-11,14-15H,8-9H2,1-5H3,(H,20,23)(H,21,24)/t14-,15+/m0/s1. The number of hydrogen-bond donors (Lipinski definition) is 2. The predicted molar refractivity (Wildman–Crippen MR) is 104 cm³/mol. The maximum Gasteiger partial charge on any atom is 0.328 e. The van der Waals surface area contributed by atoms with Crippen LogP contribution in [0.5, 0.6) is 5.75 Å². The second-order valence-electron chi connectivity index (χ2n) is 6.93. The molecule has 0 heterocycles. The third kappa shape index (κ3) is 7.40. The van der Waals surface area contributed by atoms with Crippen molar-refractivity contribution in [1.29, 1.82) is 0 Å². The average Bonchev–Trinajstić information content (AvgIpc) is 2.65. The van der Waals surface area contributed by atoms with Crippen molar-refractivity contribution in [3.63, 3.8) is 0 Å². The van der Waals surface area contributed by atoms with Crippen LogP contribution in [0.15, 0.2) is 18.2 Å². The number of nitrogens with one attached hydrogen (secondary N) is 2. The Morgan fingerprint density at radius 2 is 1.79 bits per heavy atom. The lowest BCUT2D eigenvalue weighted by Gasteiger charge is -2.23. The lowest BCUT2D eigenvalue weighted by molar-refractivity contribution is -0.385. The van der Waals surface area contributed by atoms with Gasteiger partial charge >= 0.3 is 11.7 Å². The fourth-order valence-corrected chi connectivity index (χ4v) is 2.80. The monoisotopic (exact) mass is 409 g/mol. The first-order valence-corrected chi connectivity index (χ1v) is 9.05. The van der Waals surface area contributed by atoms with Crippen LogP contribution < -0.4 is 15.4 Å². The zero-order chi connectivity index (χ0) is 22.1. The summed E-state index contributed by atoms with van der Waals surface area (Å²) in [5.41, 5.74) is 0.184. The highest BCUT2D eigenvalue weighted by Gasteiger charge is 2.28. The number of benzene rings is 1. The summed E-state index contributed by atoms with van der Waals surface area (Å²) < 4.78 is 9.71. The molecule has 29 heavy (non-hydrogen) atoms. The molecule has 0 bridgehead atoms. The van der Waals surface area contributed by atoms with Gasteiger partial charge in [0.05, 0.1) is 19.1 Å². The first-order chi connectivity index (χ1) is 13.6. The summed E-state index contributed by atoms with van der Waals surface area (Å²) in [5.74, 6) is -1.40. The van der Waals surface area contributed by atoms with Crippen LogP contribution in [0.4, 0.5) is 5.69 Å². The molecule has 0 fully saturated rings. The number of carbonyl (C=O) groups excluding carboxylic acids is 3. The van der Waals surface area contributed by atoms with Gasteiger partial charge in [0.1, 0.15) is 12.1 Å². The Bertz CT molecular complexity index is 764. The molecule has 0 spiro atoms. The van der Waals surface area contributed by atoms with Gasteiger partial charge in [0.25, 0.3) is 0 Å². The van der Waals surface area contributed by atoms with Gasteiger partial charge in [-0.2, -0.15) is 0 Å². The van der Waals surface area contributed by atoms with Crippen molar-refractivity contribution in [1.82, 2.24) is 10.6 Å². The molecule has 0 saturated carbocycles. The number of ether oxygens (including phenoxy) is 2. The first-order valence-electron chi connectivity index (χ1n) is 9.05. The van der Waals surface area contributed by atoms with Crippen LogP contribution in [-0.2, 0) is 25.5 Å². The van der Waals surface area contributed by atoms with E-state index in [0.717, 1.165) is 0 Å². The Hall–Kier alpha value is -3.17. The predicted octanol–water partition coefficient (Wildman–Crippen LogP) is 1.35. The molecule has 1 rings (SSSR count). The molecule has 0 aliphatic carbocycles. The lowest BCUT2D eigenvalue weighted by atomic mass is 10.0. The van der Waals surface area contributed by atoms with Crippen LogP contribution in [-0.4, -0.2) is 49.0 Å². The van der Waals surface area contributed by atoms with Gasteiger partial charge in [-0.05, 0) is 24.0 Å². The van der Waals surface area contributed by atoms with E-state index in [9.17, 15) is 24.5 Å².